The van der Waals surface area contributed by atoms with Gasteiger partial charge in [0.2, 0.25) is 5.91 Å². The van der Waals surface area contributed by atoms with Gasteiger partial charge in [0.05, 0.1) is 28.5 Å². The lowest BCUT2D eigenvalue weighted by molar-refractivity contribution is -0.118. The highest BCUT2D eigenvalue weighted by molar-refractivity contribution is 7.09. The number of aryl methyl sites for hydroxylation is 1. The molecule has 5 heteroatoms. The molecule has 0 N–H and O–H groups in total. The molecule has 1 aromatic carbocycles. The Morgan fingerprint density at radius 1 is 1.32 bits per heavy atom. The largest absolute Gasteiger partial charge is 0.373 e. The molecule has 4 nitrogen and oxygen atoms in total. The van der Waals surface area contributed by atoms with Gasteiger partial charge < -0.3 is 9.80 Å². The minimum absolute atomic E-state index is 0.125. The Morgan fingerprint density at radius 2 is 2.05 bits per heavy atom. The van der Waals surface area contributed by atoms with E-state index < -0.39 is 0 Å². The summed E-state index contributed by atoms with van der Waals surface area (Å²) < 4.78 is 0. The summed E-state index contributed by atoms with van der Waals surface area (Å²) in [7, 11) is 2.09. The van der Waals surface area contributed by atoms with Crippen molar-refractivity contribution in [1.82, 2.24) is 4.98 Å². The first-order chi connectivity index (χ1) is 10.5. The van der Waals surface area contributed by atoms with Crippen molar-refractivity contribution in [1.29, 1.82) is 0 Å². The fourth-order valence-electron chi connectivity index (χ4n) is 3.02. The second kappa shape index (κ2) is 6.08. The Balaban J connectivity index is 1.90. The van der Waals surface area contributed by atoms with Gasteiger partial charge in [-0.05, 0) is 25.0 Å². The number of nitrogens with zero attached hydrogens (tertiary/aromatic N) is 3. The highest BCUT2D eigenvalue weighted by atomic mass is 32.1. The van der Waals surface area contributed by atoms with Crippen LogP contribution in [0.5, 0.6) is 0 Å². The molecule has 3 rings (SSSR count). The summed E-state index contributed by atoms with van der Waals surface area (Å²) >= 11 is 1.59. The maximum absolute atomic E-state index is 12.8. The molecule has 0 bridgehead atoms. The quantitative estimate of drug-likeness (QED) is 0.854. The molecule has 0 unspecified atom stereocenters. The highest BCUT2D eigenvalue weighted by Crippen LogP contribution is 2.32. The molecule has 0 saturated carbocycles. The predicted molar refractivity (Wildman–Crippen MR) is 91.8 cm³/mol. The van der Waals surface area contributed by atoms with E-state index in [0.29, 0.717) is 12.3 Å². The lowest BCUT2D eigenvalue weighted by atomic mass is 10.1. The molecule has 0 fully saturated rings. The first-order valence-electron chi connectivity index (χ1n) is 7.56. The fraction of sp³-hybridized carbons (Fsp3) is 0.412. The Labute approximate surface area is 135 Å². The normalized spacial score (nSPS) is 18.0. The molecule has 116 valence electrons. The summed E-state index contributed by atoms with van der Waals surface area (Å²) in [6, 6.07) is 8.14. The van der Waals surface area contributed by atoms with Gasteiger partial charge in [0.1, 0.15) is 0 Å². The van der Waals surface area contributed by atoms with E-state index in [0.717, 1.165) is 35.2 Å². The molecule has 0 spiro atoms. The third-order valence-electron chi connectivity index (χ3n) is 3.96. The molecule has 1 amide bonds. The highest BCUT2D eigenvalue weighted by Gasteiger charge is 2.26. The van der Waals surface area contributed by atoms with Gasteiger partial charge >= 0.3 is 0 Å². The lowest BCUT2D eigenvalue weighted by Crippen LogP contribution is -2.36. The monoisotopic (exact) mass is 315 g/mol. The summed E-state index contributed by atoms with van der Waals surface area (Å²) in [4.78, 5) is 21.4. The third kappa shape index (κ3) is 2.99. The molecule has 0 saturated heterocycles. The average Bonchev–Trinajstić information content (AvgIpc) is 2.83. The van der Waals surface area contributed by atoms with E-state index >= 15 is 0 Å². The van der Waals surface area contributed by atoms with Crippen LogP contribution in [0.4, 0.5) is 11.4 Å². The van der Waals surface area contributed by atoms with Crippen molar-refractivity contribution in [3.05, 3.63) is 40.3 Å². The number of carbonyl (C=O) groups excluding carboxylic acids is 1. The summed E-state index contributed by atoms with van der Waals surface area (Å²) in [5.41, 5.74) is 3.00. The topological polar surface area (TPSA) is 36.4 Å². The van der Waals surface area contributed by atoms with Gasteiger partial charge in [0, 0.05) is 25.5 Å². The lowest BCUT2D eigenvalue weighted by Gasteiger charge is -2.24. The van der Waals surface area contributed by atoms with Gasteiger partial charge in [-0.15, -0.1) is 11.3 Å². The first kappa shape index (κ1) is 15.0. The predicted octanol–water partition coefficient (Wildman–Crippen LogP) is 3.11. The van der Waals surface area contributed by atoms with E-state index in [1.54, 1.807) is 11.3 Å². The molecule has 1 aliphatic heterocycles. The molecular formula is C17H21N3OS. The standard InChI is InChI=1S/C17H21N3OS/c1-12-9-19(3)15-6-4-5-7-16(15)20(10-12)17(21)8-14-11-22-13(2)18-14/h4-7,11-12H,8-10H2,1-3H3/t12-/m1/s1. The van der Waals surface area contributed by atoms with Crippen molar-refractivity contribution in [2.45, 2.75) is 20.3 Å². The molecule has 2 heterocycles. The molecule has 2 aromatic rings. The van der Waals surface area contributed by atoms with Gasteiger partial charge in [0.15, 0.2) is 0 Å². The van der Waals surface area contributed by atoms with Crippen LogP contribution in [0.2, 0.25) is 0 Å². The summed E-state index contributed by atoms with van der Waals surface area (Å²) in [5, 5.41) is 2.99. The summed E-state index contributed by atoms with van der Waals surface area (Å²) in [6.07, 6.45) is 0.370. The number of fused-ring (bicyclic) bond motifs is 1. The van der Waals surface area contributed by atoms with Crippen LogP contribution < -0.4 is 9.80 Å². The Bertz CT molecular complexity index is 682. The molecule has 1 atom stereocenters. The van der Waals surface area contributed by atoms with Gasteiger partial charge in [-0.25, -0.2) is 4.98 Å². The van der Waals surface area contributed by atoms with Gasteiger partial charge in [-0.3, -0.25) is 4.79 Å². The van der Waals surface area contributed by atoms with E-state index in [2.05, 4.69) is 29.9 Å². The number of thiazole rings is 1. The van der Waals surface area contributed by atoms with Crippen LogP contribution in [-0.4, -0.2) is 31.0 Å². The number of benzene rings is 1. The fourth-order valence-corrected chi connectivity index (χ4v) is 3.64. The maximum atomic E-state index is 12.8. The van der Waals surface area contributed by atoms with Crippen LogP contribution in [0.1, 0.15) is 17.6 Å². The van der Waals surface area contributed by atoms with E-state index in [1.807, 2.05) is 35.4 Å². The second-order valence-electron chi connectivity index (χ2n) is 6.01. The molecule has 0 aliphatic carbocycles. The minimum Gasteiger partial charge on any atom is -0.373 e. The van der Waals surface area contributed by atoms with Crippen molar-refractivity contribution < 1.29 is 4.79 Å². The number of para-hydroxylation sites is 2. The van der Waals surface area contributed by atoms with E-state index in [4.69, 9.17) is 0 Å². The SMILES string of the molecule is Cc1nc(CC(=O)N2C[C@H](C)CN(C)c3ccccc32)cs1. The number of anilines is 2. The summed E-state index contributed by atoms with van der Waals surface area (Å²) in [6.45, 7) is 5.87. The van der Waals surface area contributed by atoms with Crippen LogP contribution in [0.15, 0.2) is 29.6 Å². The van der Waals surface area contributed by atoms with Crippen molar-refractivity contribution in [2.24, 2.45) is 5.92 Å². The number of amides is 1. The smallest absolute Gasteiger partial charge is 0.233 e. The number of hydrogen-bond acceptors (Lipinski definition) is 4. The van der Waals surface area contributed by atoms with Crippen LogP contribution >= 0.6 is 11.3 Å². The first-order valence-corrected chi connectivity index (χ1v) is 8.44. The zero-order valence-corrected chi connectivity index (χ0v) is 14.1. The summed E-state index contributed by atoms with van der Waals surface area (Å²) in [5.74, 6) is 0.554. The number of aromatic nitrogens is 1. The maximum Gasteiger partial charge on any atom is 0.233 e. The van der Waals surface area contributed by atoms with E-state index in [-0.39, 0.29) is 5.91 Å². The Hall–Kier alpha value is -1.88. The van der Waals surface area contributed by atoms with Gasteiger partial charge in [-0.1, -0.05) is 19.1 Å². The van der Waals surface area contributed by atoms with E-state index in [1.165, 1.54) is 0 Å². The van der Waals surface area contributed by atoms with Crippen molar-refractivity contribution in [3.63, 3.8) is 0 Å². The molecule has 0 radical (unpaired) electrons. The number of hydrogen-bond donors (Lipinski definition) is 0. The number of carbonyl (C=O) groups is 1. The molecule has 1 aliphatic rings. The van der Waals surface area contributed by atoms with Crippen LogP contribution in [0, 0.1) is 12.8 Å². The van der Waals surface area contributed by atoms with Gasteiger partial charge in [0.25, 0.3) is 0 Å². The zero-order valence-electron chi connectivity index (χ0n) is 13.2. The second-order valence-corrected chi connectivity index (χ2v) is 7.08. The minimum atomic E-state index is 0.125. The molecule has 1 aromatic heterocycles. The Morgan fingerprint density at radius 3 is 2.73 bits per heavy atom. The third-order valence-corrected chi connectivity index (χ3v) is 4.79. The van der Waals surface area contributed by atoms with Crippen molar-refractivity contribution in [3.8, 4) is 0 Å². The molecule has 22 heavy (non-hydrogen) atoms. The molecular weight excluding hydrogens is 294 g/mol. The van der Waals surface area contributed by atoms with Crippen LogP contribution in [-0.2, 0) is 11.2 Å². The zero-order chi connectivity index (χ0) is 15.7. The van der Waals surface area contributed by atoms with E-state index in [9.17, 15) is 4.79 Å². The number of rotatable bonds is 2. The van der Waals surface area contributed by atoms with Crippen molar-refractivity contribution in [2.75, 3.05) is 29.9 Å². The average molecular weight is 315 g/mol. The Kier molecular flexibility index (Phi) is 4.16. The van der Waals surface area contributed by atoms with Crippen molar-refractivity contribution >= 4 is 28.6 Å². The van der Waals surface area contributed by atoms with Crippen LogP contribution in [0.3, 0.4) is 0 Å². The van der Waals surface area contributed by atoms with Gasteiger partial charge in [-0.2, -0.15) is 0 Å². The van der Waals surface area contributed by atoms with Crippen LogP contribution in [0.25, 0.3) is 0 Å².